The van der Waals surface area contributed by atoms with Crippen molar-refractivity contribution in [2.75, 3.05) is 37.2 Å². The van der Waals surface area contributed by atoms with Gasteiger partial charge < -0.3 is 90.2 Å². The molecule has 146 heavy (non-hydrogen) atoms. The zero-order chi connectivity index (χ0) is 104. The molecule has 0 aliphatic carbocycles. The predicted octanol–water partition coefficient (Wildman–Crippen LogP) is 24.1. The van der Waals surface area contributed by atoms with Crippen molar-refractivity contribution in [2.24, 2.45) is 28.7 Å². The number of nitrogens with zero attached hydrogens (tertiary/aromatic N) is 4. The summed E-state index contributed by atoms with van der Waals surface area (Å²) in [6, 6.07) is 85.2. The van der Waals surface area contributed by atoms with Crippen molar-refractivity contribution in [1.29, 1.82) is 0 Å². The van der Waals surface area contributed by atoms with Crippen molar-refractivity contribution >= 4 is 203 Å². The highest BCUT2D eigenvalue weighted by Gasteiger charge is 2.34. The van der Waals surface area contributed by atoms with E-state index in [0.717, 1.165) is 94.8 Å². The predicted molar refractivity (Wildman–Crippen MR) is 586 cm³/mol. The van der Waals surface area contributed by atoms with Crippen molar-refractivity contribution in [2.45, 2.75) is 122 Å². The van der Waals surface area contributed by atoms with Crippen LogP contribution in [0.3, 0.4) is 0 Å². The third kappa shape index (κ3) is 29.4. The van der Waals surface area contributed by atoms with Crippen LogP contribution in [0, 0.1) is 6.92 Å². The molecule has 0 bridgehead atoms. The Hall–Kier alpha value is -13.3. The summed E-state index contributed by atoms with van der Waals surface area (Å²) in [5.41, 5.74) is 50.6. The topological polar surface area (TPSA) is 373 Å². The number of hydrogen-bond donors (Lipinski definition) is 12. The summed E-state index contributed by atoms with van der Waals surface area (Å²) in [6.07, 6.45) is 1.53. The van der Waals surface area contributed by atoms with E-state index >= 15 is 0 Å². The molecule has 0 saturated carbocycles. The maximum atomic E-state index is 13.0. The molecule has 14 aromatic carbocycles. The zero-order valence-electron chi connectivity index (χ0n) is 78.5. The summed E-state index contributed by atoms with van der Waals surface area (Å²) in [5, 5.41) is 25.0. The molecule has 25 nitrogen and oxygen atoms in total. The lowest BCUT2D eigenvalue weighted by atomic mass is 10.1. The van der Waals surface area contributed by atoms with E-state index in [-0.39, 0.29) is 54.1 Å². The van der Waals surface area contributed by atoms with Gasteiger partial charge in [-0.15, -0.1) is 0 Å². The molecule has 0 aromatic heterocycles. The first kappa shape index (κ1) is 107. The molecular formula is C111H100Cl10N16O9. The number of urea groups is 3. The summed E-state index contributed by atoms with van der Waals surface area (Å²) < 4.78 is 5.78. The molecule has 14 aromatic rings. The minimum atomic E-state index is -0.798. The highest BCUT2D eigenvalue weighted by atomic mass is 35.5. The van der Waals surface area contributed by atoms with Gasteiger partial charge in [-0.2, -0.15) is 0 Å². The van der Waals surface area contributed by atoms with Gasteiger partial charge in [0.05, 0.1) is 30.2 Å². The Bertz CT molecular complexity index is 7170. The number of benzene rings is 14. The molecule has 0 radical (unpaired) electrons. The van der Waals surface area contributed by atoms with Gasteiger partial charge in [-0.25, -0.2) is 14.4 Å². The van der Waals surface area contributed by atoms with Crippen LogP contribution < -0.4 is 70.6 Å². The van der Waals surface area contributed by atoms with E-state index in [2.05, 4.69) is 37.2 Å². The first-order chi connectivity index (χ1) is 70.1. The van der Waals surface area contributed by atoms with Crippen LogP contribution in [0.5, 0.6) is 11.5 Å². The molecule has 0 saturated heterocycles. The van der Waals surface area contributed by atoms with Crippen LogP contribution in [0.4, 0.5) is 54.2 Å². The molecule has 0 fully saturated rings. The van der Waals surface area contributed by atoms with Gasteiger partial charge in [0.1, 0.15) is 11.5 Å². The second kappa shape index (κ2) is 49.8. The number of fused-ring (bicyclic) bond motifs is 4. The molecule has 4 heterocycles. The Labute approximate surface area is 894 Å². The second-order valence-corrected chi connectivity index (χ2v) is 39.6. The van der Waals surface area contributed by atoms with E-state index in [4.69, 9.17) is 149 Å². The number of halogens is 10. The van der Waals surface area contributed by atoms with Crippen molar-refractivity contribution < 1.29 is 43.1 Å². The second-order valence-electron chi connectivity index (χ2n) is 35.4. The molecule has 748 valence electrons. The summed E-state index contributed by atoms with van der Waals surface area (Å²) in [4.78, 5) is 109. The van der Waals surface area contributed by atoms with Gasteiger partial charge in [0.25, 0.3) is 0 Å². The maximum absolute atomic E-state index is 13.0. The average molecular weight is 2160 g/mol. The fraction of sp³-hybridized carbons (Fsp3) is 0.171. The number of nitrogens with two attached hydrogens (primary N) is 5. The number of ether oxygens (including phenoxy) is 1. The largest absolute Gasteiger partial charge is 0.457 e. The van der Waals surface area contributed by atoms with Crippen molar-refractivity contribution in [3.8, 4) is 22.6 Å². The van der Waals surface area contributed by atoms with E-state index in [1.54, 1.807) is 141 Å². The molecule has 35 heteroatoms. The Morgan fingerprint density at radius 1 is 0.253 bits per heavy atom. The lowest BCUT2D eigenvalue weighted by molar-refractivity contribution is -0.133. The van der Waals surface area contributed by atoms with Crippen LogP contribution in [0.2, 0.25) is 50.2 Å². The standard InChI is InChI=1S/C30H26Cl2N4O3.C30H26Cl2N4O2.C26H24Cl4N4O2.C25H24Cl2N4O2/c31-22-8-6-19(27(32)16-22)15-28(33)29(37)36-17-20-7-9-24(14-21(20)18-36)35-30(38)34-23-10-12-26(13-11-23)39-25-4-2-1-3-5-25;31-24-10-6-21(27(32)16-24)15-28(33)29(37)36-17-22-9-13-26(14-23(22)18-36)35-30(38)34-25-11-7-20(8-12-25)19-4-2-1-3-5-19;27-18-4-1-14(21(29)10-18)8-23(31)25(35)33-20-6-3-16-12-34(13-17(16)7-20)26(36)24(32)9-15-2-5-19(28)11-22(15)30;1-15-2-7-20(8-3-15)29-25(33)30-21-9-5-17-13-31(14-18(17)10-21)24(32)23(28)11-16-4-6-19(26)12-22(16)27/h1-14,16,28H,15,17-18,33H2,(H2,34,35,38);1-14,16,28H,15,17-18,33H2,(H2,34,35,38);1-7,10-11,23-24H,8-9,12-13,31-32H2,(H,33,35);2-10,12,23H,11,13-14,28H2,1H3,(H2,29,30,33). The van der Waals surface area contributed by atoms with Gasteiger partial charge >= 0.3 is 18.1 Å². The van der Waals surface area contributed by atoms with E-state index in [0.29, 0.717) is 174 Å². The number of anilines is 7. The lowest BCUT2D eigenvalue weighted by Crippen LogP contribution is -2.42. The number of amides is 11. The Morgan fingerprint density at radius 3 is 0.781 bits per heavy atom. The number of hydrogen-bond acceptors (Lipinski definition) is 14. The van der Waals surface area contributed by atoms with Crippen LogP contribution in [-0.2, 0) is 108 Å². The van der Waals surface area contributed by atoms with Gasteiger partial charge in [0, 0.05) is 142 Å². The molecule has 0 spiro atoms. The van der Waals surface area contributed by atoms with Crippen LogP contribution in [0.15, 0.2) is 297 Å². The number of carbonyl (C=O) groups is 8. The Balaban J connectivity index is 0.000000146. The van der Waals surface area contributed by atoms with Gasteiger partial charge in [0.15, 0.2) is 0 Å². The number of rotatable bonds is 25. The number of carbonyl (C=O) groups excluding carboxylic acids is 8. The van der Waals surface area contributed by atoms with Crippen LogP contribution in [0.25, 0.3) is 11.1 Å². The number of aryl methyl sites for hydroxylation is 1. The number of para-hydroxylation sites is 1. The average Bonchev–Trinajstić information content (AvgIpc) is 1.64. The summed E-state index contributed by atoms with van der Waals surface area (Å²) in [7, 11) is 0. The van der Waals surface area contributed by atoms with Gasteiger partial charge in [-0.3, -0.25) is 24.0 Å². The zero-order valence-corrected chi connectivity index (χ0v) is 86.1. The maximum Gasteiger partial charge on any atom is 0.323 e. The summed E-state index contributed by atoms with van der Waals surface area (Å²) >= 11 is 60.9. The minimum Gasteiger partial charge on any atom is -0.457 e. The number of nitrogens with one attached hydrogen (secondary N) is 7. The van der Waals surface area contributed by atoms with E-state index in [9.17, 15) is 38.4 Å². The molecular weight excluding hydrogens is 2060 g/mol. The Kier molecular flexibility index (Phi) is 36.5. The molecule has 4 aliphatic rings. The Morgan fingerprint density at radius 2 is 0.486 bits per heavy atom. The molecule has 17 N–H and O–H groups in total. The van der Waals surface area contributed by atoms with Crippen molar-refractivity contribution in [3.05, 3.63) is 425 Å². The van der Waals surface area contributed by atoms with Crippen LogP contribution >= 0.6 is 116 Å². The quantitative estimate of drug-likeness (QED) is 0.0253. The van der Waals surface area contributed by atoms with E-state index < -0.39 is 30.2 Å². The molecule has 18 rings (SSSR count). The minimum absolute atomic E-state index is 0.149. The first-order valence-electron chi connectivity index (χ1n) is 46.3. The van der Waals surface area contributed by atoms with E-state index in [1.807, 2.05) is 183 Å². The third-order valence-corrected chi connectivity index (χ3v) is 27.5. The molecule has 5 unspecified atom stereocenters. The SMILES string of the molecule is Cc1ccc(NC(=O)Nc2ccc3c(c2)CN(C(=O)C(N)Cc2ccc(Cl)cc2Cl)C3)cc1.NC(Cc1ccc(Cl)cc1Cl)C(=O)N1Cc2ccc(NC(=O)Nc3ccc(-c4ccccc4)cc3)cc2C1.NC(Cc1ccc(Cl)cc1Cl)C(=O)N1Cc2ccc(NC(=O)Nc3ccc(Oc4ccccc4)cc3)cc2C1.NC(Cc1ccc(Cl)cc1Cl)C(=O)Nc1ccc2c(c1)CN(C(=O)C(N)Cc1ccc(Cl)cc1Cl)C2. The highest BCUT2D eigenvalue weighted by molar-refractivity contribution is 6.37. The first-order valence-corrected chi connectivity index (χ1v) is 50.1. The van der Waals surface area contributed by atoms with Crippen molar-refractivity contribution in [3.63, 3.8) is 0 Å². The lowest BCUT2D eigenvalue weighted by Gasteiger charge is -2.20. The molecule has 5 atom stereocenters. The van der Waals surface area contributed by atoms with Crippen molar-refractivity contribution in [1.82, 2.24) is 19.6 Å². The highest BCUT2D eigenvalue weighted by Crippen LogP contribution is 2.37. The van der Waals surface area contributed by atoms with Crippen LogP contribution in [0.1, 0.15) is 77.9 Å². The normalized spacial score (nSPS) is 13.4. The molecule has 4 aliphatic heterocycles. The smallest absolute Gasteiger partial charge is 0.323 e. The van der Waals surface area contributed by atoms with Gasteiger partial charge in [-0.05, 0) is 292 Å². The summed E-state index contributed by atoms with van der Waals surface area (Å²) in [6.45, 7) is 5.51. The van der Waals surface area contributed by atoms with Crippen LogP contribution in [-0.4, -0.2) is 97.4 Å². The van der Waals surface area contributed by atoms with Gasteiger partial charge in [0.2, 0.25) is 29.5 Å². The fourth-order valence-corrected chi connectivity index (χ4v) is 19.3. The fourth-order valence-electron chi connectivity index (χ4n) is 16.9. The van der Waals surface area contributed by atoms with Gasteiger partial charge in [-0.1, -0.05) is 249 Å². The monoisotopic (exact) mass is 2150 g/mol. The third-order valence-electron chi connectivity index (χ3n) is 24.5. The van der Waals surface area contributed by atoms with E-state index in [1.165, 1.54) is 0 Å². The molecule has 11 amide bonds. The summed E-state index contributed by atoms with van der Waals surface area (Å²) in [5.74, 6) is 0.423.